The van der Waals surface area contributed by atoms with E-state index in [4.69, 9.17) is 10.5 Å². The predicted octanol–water partition coefficient (Wildman–Crippen LogP) is 1.78. The molecule has 0 radical (unpaired) electrons. The molecule has 0 aromatic heterocycles. The van der Waals surface area contributed by atoms with Crippen molar-refractivity contribution in [3.8, 4) is 17.6 Å². The molecule has 5 heteroatoms. The summed E-state index contributed by atoms with van der Waals surface area (Å²) in [5.41, 5.74) is 5.37. The molecule has 0 atom stereocenters. The van der Waals surface area contributed by atoms with E-state index in [-0.39, 0.29) is 17.9 Å². The Bertz CT molecular complexity index is 409. The van der Waals surface area contributed by atoms with Crippen LogP contribution in [-0.2, 0) is 0 Å². The zero-order chi connectivity index (χ0) is 12.0. The summed E-state index contributed by atoms with van der Waals surface area (Å²) in [5, 5.41) is 0. The monoisotopic (exact) mass is 229 g/mol. The molecule has 2 N–H and O–H groups in total. The van der Waals surface area contributed by atoms with Gasteiger partial charge in [-0.15, -0.1) is 0 Å². The average Bonchev–Trinajstić information content (AvgIpc) is 2.24. The van der Waals surface area contributed by atoms with Crippen LogP contribution in [0.15, 0.2) is 18.2 Å². The van der Waals surface area contributed by atoms with Crippen LogP contribution in [0, 0.1) is 17.7 Å². The van der Waals surface area contributed by atoms with Crippen molar-refractivity contribution < 1.29 is 17.9 Å². The van der Waals surface area contributed by atoms with E-state index in [1.165, 1.54) is 6.07 Å². The number of halogens is 3. The van der Waals surface area contributed by atoms with Gasteiger partial charge in [0.25, 0.3) is 6.43 Å². The molecule has 86 valence electrons. The van der Waals surface area contributed by atoms with E-state index in [0.717, 1.165) is 12.1 Å². The minimum absolute atomic E-state index is 0.102. The summed E-state index contributed by atoms with van der Waals surface area (Å²) in [5.74, 6) is 4.67. The molecule has 0 heterocycles. The highest BCUT2D eigenvalue weighted by atomic mass is 19.3. The second kappa shape index (κ2) is 6.03. The van der Waals surface area contributed by atoms with Gasteiger partial charge in [0.2, 0.25) is 0 Å². The Morgan fingerprint density at radius 3 is 2.75 bits per heavy atom. The van der Waals surface area contributed by atoms with Crippen molar-refractivity contribution in [3.05, 3.63) is 29.6 Å². The third-order valence-electron chi connectivity index (χ3n) is 1.63. The molecule has 0 bridgehead atoms. The Labute approximate surface area is 91.2 Å². The van der Waals surface area contributed by atoms with Crippen molar-refractivity contribution >= 4 is 0 Å². The highest BCUT2D eigenvalue weighted by molar-refractivity contribution is 5.46. The van der Waals surface area contributed by atoms with Crippen molar-refractivity contribution in [2.45, 2.75) is 6.43 Å². The van der Waals surface area contributed by atoms with Crippen LogP contribution >= 0.6 is 0 Å². The molecular weight excluding hydrogens is 219 g/mol. The number of rotatable bonds is 3. The molecule has 0 aliphatic carbocycles. The van der Waals surface area contributed by atoms with Crippen molar-refractivity contribution in [1.29, 1.82) is 0 Å². The first kappa shape index (κ1) is 12.4. The molecule has 0 amide bonds. The van der Waals surface area contributed by atoms with E-state index in [1.54, 1.807) is 0 Å². The summed E-state index contributed by atoms with van der Waals surface area (Å²) in [4.78, 5) is 0. The fourth-order valence-electron chi connectivity index (χ4n) is 1.02. The molecule has 1 aromatic rings. The first-order valence-corrected chi connectivity index (χ1v) is 4.53. The Morgan fingerprint density at radius 1 is 1.38 bits per heavy atom. The summed E-state index contributed by atoms with van der Waals surface area (Å²) in [7, 11) is 0. The lowest BCUT2D eigenvalue weighted by Gasteiger charge is -2.07. The van der Waals surface area contributed by atoms with E-state index in [0.29, 0.717) is 0 Å². The van der Waals surface area contributed by atoms with Crippen LogP contribution in [0.4, 0.5) is 13.2 Å². The van der Waals surface area contributed by atoms with Crippen molar-refractivity contribution in [2.75, 3.05) is 13.2 Å². The summed E-state index contributed by atoms with van der Waals surface area (Å²) in [6, 6.07) is 3.50. The Morgan fingerprint density at radius 2 is 2.12 bits per heavy atom. The van der Waals surface area contributed by atoms with E-state index in [2.05, 4.69) is 11.8 Å². The molecule has 0 saturated heterocycles. The lowest BCUT2D eigenvalue weighted by Crippen LogP contribution is -2.08. The van der Waals surface area contributed by atoms with Gasteiger partial charge in [-0.1, -0.05) is 11.8 Å². The van der Waals surface area contributed by atoms with Gasteiger partial charge in [0.05, 0.1) is 12.1 Å². The molecule has 16 heavy (non-hydrogen) atoms. The maximum Gasteiger partial charge on any atom is 0.272 e. The molecule has 0 aliphatic rings. The molecule has 0 fully saturated rings. The normalized spacial score (nSPS) is 9.81. The maximum absolute atomic E-state index is 12.9. The van der Waals surface area contributed by atoms with Crippen LogP contribution in [0.1, 0.15) is 5.56 Å². The molecule has 1 aromatic carbocycles. The number of nitrogens with two attached hydrogens (primary N) is 1. The van der Waals surface area contributed by atoms with Gasteiger partial charge >= 0.3 is 0 Å². The van der Waals surface area contributed by atoms with Crippen LogP contribution in [0.5, 0.6) is 5.75 Å². The lowest BCUT2D eigenvalue weighted by atomic mass is 10.2. The van der Waals surface area contributed by atoms with Crippen LogP contribution in [-0.4, -0.2) is 19.6 Å². The first-order chi connectivity index (χ1) is 7.63. The van der Waals surface area contributed by atoms with E-state index >= 15 is 0 Å². The first-order valence-electron chi connectivity index (χ1n) is 4.53. The van der Waals surface area contributed by atoms with Crippen molar-refractivity contribution in [2.24, 2.45) is 5.73 Å². The van der Waals surface area contributed by atoms with E-state index in [9.17, 15) is 13.2 Å². The van der Waals surface area contributed by atoms with Crippen LogP contribution in [0.3, 0.4) is 0 Å². The highest BCUT2D eigenvalue weighted by Gasteiger charge is 2.07. The Hall–Kier alpha value is -1.67. The number of hydrogen-bond acceptors (Lipinski definition) is 2. The Kier molecular flexibility index (Phi) is 4.67. The Balaban J connectivity index is 2.89. The van der Waals surface area contributed by atoms with Gasteiger partial charge in [-0.05, 0) is 18.2 Å². The summed E-state index contributed by atoms with van der Waals surface area (Å²) < 4.78 is 41.5. The van der Waals surface area contributed by atoms with Crippen LogP contribution < -0.4 is 10.5 Å². The average molecular weight is 229 g/mol. The fourth-order valence-corrected chi connectivity index (χ4v) is 1.02. The summed E-state index contributed by atoms with van der Waals surface area (Å²) in [6.07, 6.45) is -2.58. The number of benzene rings is 1. The van der Waals surface area contributed by atoms with Crippen LogP contribution in [0.2, 0.25) is 0 Å². The van der Waals surface area contributed by atoms with Gasteiger partial charge < -0.3 is 10.5 Å². The van der Waals surface area contributed by atoms with E-state index in [1.807, 2.05) is 0 Å². The molecule has 1 rings (SSSR count). The second-order valence-corrected chi connectivity index (χ2v) is 2.85. The minimum Gasteiger partial charge on any atom is -0.486 e. The zero-order valence-electron chi connectivity index (χ0n) is 8.34. The van der Waals surface area contributed by atoms with Gasteiger partial charge in [-0.25, -0.2) is 13.2 Å². The summed E-state index contributed by atoms with van der Waals surface area (Å²) in [6.45, 7) is -0.645. The number of hydrogen-bond donors (Lipinski definition) is 1. The van der Waals surface area contributed by atoms with Gasteiger partial charge in [-0.2, -0.15) is 0 Å². The molecule has 2 nitrogen and oxygen atoms in total. The van der Waals surface area contributed by atoms with Crippen LogP contribution in [0.25, 0.3) is 0 Å². The fraction of sp³-hybridized carbons (Fsp3) is 0.273. The number of alkyl halides is 2. The smallest absolute Gasteiger partial charge is 0.272 e. The predicted molar refractivity (Wildman–Crippen MR) is 53.8 cm³/mol. The largest absolute Gasteiger partial charge is 0.486 e. The second-order valence-electron chi connectivity index (χ2n) is 2.85. The van der Waals surface area contributed by atoms with Crippen molar-refractivity contribution in [1.82, 2.24) is 0 Å². The van der Waals surface area contributed by atoms with E-state index < -0.39 is 18.8 Å². The lowest BCUT2D eigenvalue weighted by molar-refractivity contribution is 0.0817. The third-order valence-corrected chi connectivity index (χ3v) is 1.63. The zero-order valence-corrected chi connectivity index (χ0v) is 8.34. The SMILES string of the molecule is NCC#Cc1cc(F)ccc1OCC(F)F. The topological polar surface area (TPSA) is 35.2 Å². The minimum atomic E-state index is -2.58. The standard InChI is InChI=1S/C11H10F3NO/c12-9-3-4-10(16-7-11(13)14)8(6-9)2-1-5-15/h3-4,6,11H,5,7,15H2. The third kappa shape index (κ3) is 3.83. The highest BCUT2D eigenvalue weighted by Crippen LogP contribution is 2.19. The summed E-state index contributed by atoms with van der Waals surface area (Å²) >= 11 is 0. The van der Waals surface area contributed by atoms with Gasteiger partial charge in [-0.3, -0.25) is 0 Å². The van der Waals surface area contributed by atoms with Gasteiger partial charge in [0.1, 0.15) is 18.2 Å². The molecule has 0 unspecified atom stereocenters. The van der Waals surface area contributed by atoms with Gasteiger partial charge in [0, 0.05) is 0 Å². The van der Waals surface area contributed by atoms with Gasteiger partial charge in [0.15, 0.2) is 0 Å². The molecular formula is C11H10F3NO. The maximum atomic E-state index is 12.9. The van der Waals surface area contributed by atoms with Crippen molar-refractivity contribution in [3.63, 3.8) is 0 Å². The number of ether oxygens (including phenoxy) is 1. The molecule has 0 spiro atoms. The molecule has 0 aliphatic heterocycles. The quantitative estimate of drug-likeness (QED) is 0.802. The molecule has 0 saturated carbocycles.